The van der Waals surface area contributed by atoms with Crippen molar-refractivity contribution in [1.29, 1.82) is 0 Å². The third-order valence-electron chi connectivity index (χ3n) is 4.68. The number of aromatic nitrogens is 1. The number of ether oxygens (including phenoxy) is 2. The Hall–Kier alpha value is -2.78. The Labute approximate surface area is 176 Å². The minimum Gasteiger partial charge on any atom is -0.486 e. The Balaban J connectivity index is 1.72. The molecular weight excluding hydrogens is 412 g/mol. The maximum absolute atomic E-state index is 14.3. The molecule has 0 aliphatic carbocycles. The molecule has 0 fully saturated rings. The van der Waals surface area contributed by atoms with Gasteiger partial charge in [-0.2, -0.15) is 0 Å². The molecule has 30 heavy (non-hydrogen) atoms. The van der Waals surface area contributed by atoms with E-state index >= 15 is 0 Å². The van der Waals surface area contributed by atoms with E-state index in [1.807, 2.05) is 25.1 Å². The van der Waals surface area contributed by atoms with Crippen LogP contribution < -0.4 is 14.4 Å². The summed E-state index contributed by atoms with van der Waals surface area (Å²) < 4.78 is 40.6. The van der Waals surface area contributed by atoms with E-state index in [2.05, 4.69) is 4.98 Å². The van der Waals surface area contributed by atoms with Gasteiger partial charge in [-0.25, -0.2) is 13.8 Å². The zero-order valence-corrected chi connectivity index (χ0v) is 17.5. The van der Waals surface area contributed by atoms with E-state index in [1.54, 1.807) is 6.07 Å². The highest BCUT2D eigenvalue weighted by atomic mass is 32.1. The first-order valence-electron chi connectivity index (χ1n) is 9.55. The van der Waals surface area contributed by atoms with E-state index in [4.69, 9.17) is 9.47 Å². The fourth-order valence-electron chi connectivity index (χ4n) is 3.23. The number of nitrogens with zero attached hydrogens (tertiary/aromatic N) is 3. The van der Waals surface area contributed by atoms with Gasteiger partial charge in [-0.1, -0.05) is 17.4 Å². The van der Waals surface area contributed by atoms with Gasteiger partial charge in [0.15, 0.2) is 16.6 Å². The van der Waals surface area contributed by atoms with E-state index in [-0.39, 0.29) is 6.54 Å². The first-order chi connectivity index (χ1) is 14.4. The number of carbonyl (C=O) groups excluding carboxylic acids is 1. The van der Waals surface area contributed by atoms with Gasteiger partial charge >= 0.3 is 0 Å². The molecule has 2 aromatic carbocycles. The molecule has 0 saturated carbocycles. The fraction of sp³-hybridized carbons (Fsp3) is 0.333. The lowest BCUT2D eigenvalue weighted by molar-refractivity contribution is 0.0978. The minimum absolute atomic E-state index is 0.275. The summed E-state index contributed by atoms with van der Waals surface area (Å²) in [5.41, 5.74) is 0.0613. The van der Waals surface area contributed by atoms with Crippen LogP contribution in [0, 0.1) is 11.6 Å². The minimum atomic E-state index is -0.893. The average Bonchev–Trinajstić information content (AvgIpc) is 3.11. The highest BCUT2D eigenvalue weighted by Crippen LogP contribution is 2.39. The van der Waals surface area contributed by atoms with Crippen molar-refractivity contribution in [3.05, 3.63) is 47.5 Å². The quantitative estimate of drug-likeness (QED) is 0.589. The molecule has 0 bridgehead atoms. The van der Waals surface area contributed by atoms with Gasteiger partial charge in [0.2, 0.25) is 0 Å². The molecule has 1 aromatic heterocycles. The molecule has 3 aromatic rings. The van der Waals surface area contributed by atoms with Crippen molar-refractivity contribution in [1.82, 2.24) is 9.88 Å². The summed E-state index contributed by atoms with van der Waals surface area (Å²) in [5.74, 6) is -1.32. The van der Waals surface area contributed by atoms with Gasteiger partial charge in [0.25, 0.3) is 5.91 Å². The number of halogens is 2. The highest BCUT2D eigenvalue weighted by molar-refractivity contribution is 7.22. The van der Waals surface area contributed by atoms with Crippen molar-refractivity contribution < 1.29 is 23.0 Å². The average molecular weight is 433 g/mol. The number of benzene rings is 2. The first-order valence-corrected chi connectivity index (χ1v) is 10.4. The smallest absolute Gasteiger partial charge is 0.266 e. The summed E-state index contributed by atoms with van der Waals surface area (Å²) in [6, 6.07) is 6.97. The molecule has 0 spiro atoms. The summed E-state index contributed by atoms with van der Waals surface area (Å²) >= 11 is 1.27. The van der Waals surface area contributed by atoms with Gasteiger partial charge in [-0.3, -0.25) is 9.69 Å². The number of amides is 1. The highest BCUT2D eigenvalue weighted by Gasteiger charge is 2.27. The molecule has 0 atom stereocenters. The molecule has 1 aliphatic rings. The topological polar surface area (TPSA) is 54.9 Å². The van der Waals surface area contributed by atoms with E-state index in [1.165, 1.54) is 22.3 Å². The SMILES string of the molecule is CN(C)CCCN(C(=O)c1c(F)cccc1F)c1nc2cc3c(cc2s1)OCCO3. The lowest BCUT2D eigenvalue weighted by atomic mass is 10.1. The Morgan fingerprint density at radius 3 is 2.43 bits per heavy atom. The van der Waals surface area contributed by atoms with Gasteiger partial charge in [0, 0.05) is 18.7 Å². The van der Waals surface area contributed by atoms with E-state index in [0.29, 0.717) is 48.3 Å². The van der Waals surface area contributed by atoms with Crippen LogP contribution in [0.2, 0.25) is 0 Å². The van der Waals surface area contributed by atoms with Crippen molar-refractivity contribution >= 4 is 32.6 Å². The number of thiazole rings is 1. The van der Waals surface area contributed by atoms with Crippen molar-refractivity contribution in [2.45, 2.75) is 6.42 Å². The van der Waals surface area contributed by atoms with Crippen molar-refractivity contribution in [2.75, 3.05) is 45.3 Å². The monoisotopic (exact) mass is 433 g/mol. The second-order valence-electron chi connectivity index (χ2n) is 7.17. The lowest BCUT2D eigenvalue weighted by Gasteiger charge is -2.21. The van der Waals surface area contributed by atoms with Crippen LogP contribution in [-0.2, 0) is 0 Å². The predicted octanol–water partition coefficient (Wildman–Crippen LogP) is 3.94. The summed E-state index contributed by atoms with van der Waals surface area (Å²) in [5, 5.41) is 0.374. The van der Waals surface area contributed by atoms with Gasteiger partial charge in [0.1, 0.15) is 30.4 Å². The van der Waals surface area contributed by atoms with Crippen LogP contribution in [0.25, 0.3) is 10.2 Å². The van der Waals surface area contributed by atoms with Crippen molar-refractivity contribution in [3.8, 4) is 11.5 Å². The van der Waals surface area contributed by atoms with Crippen LogP contribution in [0.15, 0.2) is 30.3 Å². The summed E-state index contributed by atoms with van der Waals surface area (Å²) in [6.07, 6.45) is 0.619. The molecule has 6 nitrogen and oxygen atoms in total. The molecule has 1 amide bonds. The fourth-order valence-corrected chi connectivity index (χ4v) is 4.23. The zero-order chi connectivity index (χ0) is 21.3. The predicted molar refractivity (Wildman–Crippen MR) is 112 cm³/mol. The summed E-state index contributed by atoms with van der Waals surface area (Å²) in [4.78, 5) is 21.0. The number of hydrogen-bond acceptors (Lipinski definition) is 6. The summed E-state index contributed by atoms with van der Waals surface area (Å²) in [6.45, 7) is 1.91. The van der Waals surface area contributed by atoms with Gasteiger partial charge in [0.05, 0.1) is 10.2 Å². The number of fused-ring (bicyclic) bond motifs is 2. The number of carbonyl (C=O) groups is 1. The molecular formula is C21H21F2N3O3S. The zero-order valence-electron chi connectivity index (χ0n) is 16.7. The largest absolute Gasteiger partial charge is 0.486 e. The molecule has 158 valence electrons. The van der Waals surface area contributed by atoms with Crippen molar-refractivity contribution in [3.63, 3.8) is 0 Å². The molecule has 0 saturated heterocycles. The van der Waals surface area contributed by atoms with Crippen LogP contribution in [0.4, 0.5) is 13.9 Å². The second kappa shape index (κ2) is 8.53. The van der Waals surface area contributed by atoms with Crippen LogP contribution in [0.5, 0.6) is 11.5 Å². The Morgan fingerprint density at radius 1 is 1.10 bits per heavy atom. The third kappa shape index (κ3) is 4.08. The normalized spacial score (nSPS) is 13.1. The van der Waals surface area contributed by atoms with Gasteiger partial charge in [-0.15, -0.1) is 0 Å². The molecule has 9 heteroatoms. The van der Waals surface area contributed by atoms with E-state index in [9.17, 15) is 13.6 Å². The number of hydrogen-bond donors (Lipinski definition) is 0. The molecule has 0 radical (unpaired) electrons. The molecule has 1 aliphatic heterocycles. The summed E-state index contributed by atoms with van der Waals surface area (Å²) in [7, 11) is 3.84. The molecule has 0 N–H and O–H groups in total. The van der Waals surface area contributed by atoms with Gasteiger partial charge < -0.3 is 14.4 Å². The Bertz CT molecular complexity index is 1020. The Morgan fingerprint density at radius 2 is 1.77 bits per heavy atom. The third-order valence-corrected chi connectivity index (χ3v) is 5.72. The first kappa shape index (κ1) is 20.5. The Kier molecular flexibility index (Phi) is 5.83. The van der Waals surface area contributed by atoms with Crippen LogP contribution >= 0.6 is 11.3 Å². The lowest BCUT2D eigenvalue weighted by Crippen LogP contribution is -2.34. The standard InChI is InChI=1S/C21H21F2N3O3S/c1-25(2)7-4-8-26(20(27)19-13(22)5-3-6-14(19)23)21-24-15-11-16-17(12-18(15)30-21)29-10-9-28-16/h3,5-6,11-12H,4,7-10H2,1-2H3. The van der Waals surface area contributed by atoms with Crippen molar-refractivity contribution in [2.24, 2.45) is 0 Å². The van der Waals surface area contributed by atoms with Gasteiger partial charge in [-0.05, 0) is 39.2 Å². The van der Waals surface area contributed by atoms with E-state index < -0.39 is 23.1 Å². The second-order valence-corrected chi connectivity index (χ2v) is 8.18. The molecule has 4 rings (SSSR count). The molecule has 2 heterocycles. The maximum atomic E-state index is 14.3. The number of anilines is 1. The molecule has 0 unspecified atom stereocenters. The van der Waals surface area contributed by atoms with Crippen LogP contribution in [0.3, 0.4) is 0 Å². The van der Waals surface area contributed by atoms with E-state index in [0.717, 1.165) is 16.8 Å². The number of rotatable bonds is 6. The van der Waals surface area contributed by atoms with Crippen LogP contribution in [0.1, 0.15) is 16.8 Å². The maximum Gasteiger partial charge on any atom is 0.266 e. The van der Waals surface area contributed by atoms with Crippen LogP contribution in [-0.4, -0.2) is 56.2 Å².